The topological polar surface area (TPSA) is 42.0 Å². The molecule has 2 rings (SSSR count). The molecule has 2 aromatic heterocycles. The fourth-order valence-electron chi connectivity index (χ4n) is 1.10. The van der Waals surface area contributed by atoms with Gasteiger partial charge in [-0.3, -0.25) is 4.79 Å². The van der Waals surface area contributed by atoms with Crippen molar-refractivity contribution in [2.75, 3.05) is 5.32 Å². The third-order valence-corrected chi connectivity index (χ3v) is 3.64. The van der Waals surface area contributed by atoms with Crippen molar-refractivity contribution in [3.8, 4) is 0 Å². The van der Waals surface area contributed by atoms with Gasteiger partial charge in [-0.25, -0.2) is 4.98 Å². The number of thiophene rings is 1. The van der Waals surface area contributed by atoms with Gasteiger partial charge in [0, 0.05) is 11.6 Å². The lowest BCUT2D eigenvalue weighted by molar-refractivity contribution is 0.102. The molecule has 3 nitrogen and oxygen atoms in total. The number of hydrogen-bond acceptors (Lipinski definition) is 3. The molecule has 0 fully saturated rings. The molecule has 0 bridgehead atoms. The zero-order valence-electron chi connectivity index (χ0n) is 7.91. The van der Waals surface area contributed by atoms with Gasteiger partial charge in [0.05, 0.1) is 15.0 Å². The van der Waals surface area contributed by atoms with Crippen molar-refractivity contribution in [2.24, 2.45) is 0 Å². The molecular weight excluding hydrogens is 312 g/mol. The Bertz CT molecular complexity index is 529. The number of anilines is 1. The minimum absolute atomic E-state index is 0.197. The second-order valence-electron chi connectivity index (χ2n) is 2.94. The molecule has 0 atom stereocenters. The van der Waals surface area contributed by atoms with E-state index in [4.69, 9.17) is 11.6 Å². The molecule has 0 aromatic carbocycles. The number of nitrogens with zero attached hydrogens (tertiary/aromatic N) is 1. The third-order valence-electron chi connectivity index (χ3n) is 1.84. The summed E-state index contributed by atoms with van der Waals surface area (Å²) in [7, 11) is 0. The molecule has 0 aliphatic rings. The summed E-state index contributed by atoms with van der Waals surface area (Å²) in [5.74, 6) is -0.197. The first-order valence-corrected chi connectivity index (χ1v) is 6.38. The SMILES string of the molecule is O=C(Nc1cccnc1Cl)c1csc(Br)c1. The minimum Gasteiger partial charge on any atom is -0.319 e. The van der Waals surface area contributed by atoms with Gasteiger partial charge in [-0.05, 0) is 34.1 Å². The first kappa shape index (κ1) is 11.6. The highest BCUT2D eigenvalue weighted by atomic mass is 79.9. The van der Waals surface area contributed by atoms with E-state index >= 15 is 0 Å². The second-order valence-corrected chi connectivity index (χ2v) is 5.58. The Kier molecular flexibility index (Phi) is 3.58. The Hall–Kier alpha value is -0.910. The highest BCUT2D eigenvalue weighted by Crippen LogP contribution is 2.23. The molecule has 0 saturated heterocycles. The van der Waals surface area contributed by atoms with E-state index in [-0.39, 0.29) is 11.1 Å². The zero-order valence-corrected chi connectivity index (χ0v) is 11.1. The van der Waals surface area contributed by atoms with Crippen LogP contribution in [-0.2, 0) is 0 Å². The highest BCUT2D eigenvalue weighted by Gasteiger charge is 2.10. The molecule has 2 aromatic rings. The maximum absolute atomic E-state index is 11.8. The van der Waals surface area contributed by atoms with Crippen LogP contribution in [0, 0.1) is 0 Å². The second kappa shape index (κ2) is 4.95. The molecule has 2 heterocycles. The summed E-state index contributed by atoms with van der Waals surface area (Å²) in [6, 6.07) is 5.17. The van der Waals surface area contributed by atoms with Crippen LogP contribution in [0.25, 0.3) is 0 Å². The number of pyridine rings is 1. The Morgan fingerprint density at radius 1 is 1.56 bits per heavy atom. The van der Waals surface area contributed by atoms with Crippen molar-refractivity contribution in [3.05, 3.63) is 44.3 Å². The molecule has 16 heavy (non-hydrogen) atoms. The van der Waals surface area contributed by atoms with Gasteiger partial charge >= 0.3 is 0 Å². The average Bonchev–Trinajstić information content (AvgIpc) is 2.68. The van der Waals surface area contributed by atoms with E-state index in [2.05, 4.69) is 26.2 Å². The van der Waals surface area contributed by atoms with Gasteiger partial charge in [-0.15, -0.1) is 11.3 Å². The minimum atomic E-state index is -0.197. The molecule has 0 unspecified atom stereocenters. The fourth-order valence-corrected chi connectivity index (χ4v) is 2.41. The number of halogens is 2. The van der Waals surface area contributed by atoms with Crippen LogP contribution in [0.2, 0.25) is 5.15 Å². The number of carbonyl (C=O) groups is 1. The summed E-state index contributed by atoms with van der Waals surface area (Å²) in [5.41, 5.74) is 1.10. The molecule has 1 amide bonds. The van der Waals surface area contributed by atoms with Gasteiger partial charge in [0.1, 0.15) is 0 Å². The van der Waals surface area contributed by atoms with E-state index in [1.54, 1.807) is 29.8 Å². The van der Waals surface area contributed by atoms with Crippen LogP contribution in [-0.4, -0.2) is 10.9 Å². The lowest BCUT2D eigenvalue weighted by Gasteiger charge is -2.04. The number of carbonyl (C=O) groups excluding carboxylic acids is 1. The first-order valence-electron chi connectivity index (χ1n) is 4.33. The lowest BCUT2D eigenvalue weighted by atomic mass is 10.3. The van der Waals surface area contributed by atoms with Crippen LogP contribution < -0.4 is 5.32 Å². The number of rotatable bonds is 2. The average molecular weight is 318 g/mol. The van der Waals surface area contributed by atoms with Crippen molar-refractivity contribution in [2.45, 2.75) is 0 Å². The van der Waals surface area contributed by atoms with E-state index in [1.807, 2.05) is 0 Å². The van der Waals surface area contributed by atoms with E-state index in [1.165, 1.54) is 11.3 Å². The molecule has 82 valence electrons. The van der Waals surface area contributed by atoms with Crippen LogP contribution in [0.15, 0.2) is 33.6 Å². The monoisotopic (exact) mass is 316 g/mol. The largest absolute Gasteiger partial charge is 0.319 e. The van der Waals surface area contributed by atoms with Crippen LogP contribution in [0.1, 0.15) is 10.4 Å². The summed E-state index contributed by atoms with van der Waals surface area (Å²) in [5, 5.41) is 4.74. The smallest absolute Gasteiger partial charge is 0.256 e. The van der Waals surface area contributed by atoms with Crippen molar-refractivity contribution < 1.29 is 4.79 Å². The summed E-state index contributed by atoms with van der Waals surface area (Å²) in [4.78, 5) is 15.6. The molecule has 6 heteroatoms. The predicted molar refractivity (Wildman–Crippen MR) is 69.2 cm³/mol. The maximum atomic E-state index is 11.8. The zero-order chi connectivity index (χ0) is 11.5. The standard InChI is InChI=1S/C10H6BrClN2OS/c11-8-4-6(5-16-8)10(15)14-7-2-1-3-13-9(7)12/h1-5H,(H,14,15). The molecule has 0 aliphatic carbocycles. The van der Waals surface area contributed by atoms with E-state index in [0.29, 0.717) is 11.3 Å². The van der Waals surface area contributed by atoms with Crippen molar-refractivity contribution in [1.29, 1.82) is 0 Å². The Balaban J connectivity index is 2.17. The van der Waals surface area contributed by atoms with Crippen molar-refractivity contribution in [1.82, 2.24) is 4.98 Å². The molecule has 0 saturated carbocycles. The summed E-state index contributed by atoms with van der Waals surface area (Å²) < 4.78 is 0.912. The van der Waals surface area contributed by atoms with Gasteiger partial charge in [-0.2, -0.15) is 0 Å². The predicted octanol–water partition coefficient (Wildman–Crippen LogP) is 3.81. The molecule has 1 N–H and O–H groups in total. The Morgan fingerprint density at radius 2 is 2.38 bits per heavy atom. The number of hydrogen-bond donors (Lipinski definition) is 1. The Labute approximate surface area is 110 Å². The normalized spacial score (nSPS) is 10.1. The maximum Gasteiger partial charge on any atom is 0.256 e. The van der Waals surface area contributed by atoms with Crippen molar-refractivity contribution >= 4 is 50.5 Å². The molecule has 0 radical (unpaired) electrons. The molecule has 0 spiro atoms. The van der Waals surface area contributed by atoms with Crippen molar-refractivity contribution in [3.63, 3.8) is 0 Å². The van der Waals surface area contributed by atoms with Crippen LogP contribution in [0.3, 0.4) is 0 Å². The lowest BCUT2D eigenvalue weighted by Crippen LogP contribution is -2.11. The van der Waals surface area contributed by atoms with Gasteiger partial charge < -0.3 is 5.32 Å². The summed E-state index contributed by atoms with van der Waals surface area (Å²) in [6.45, 7) is 0. The van der Waals surface area contributed by atoms with Crippen LogP contribution >= 0.6 is 38.9 Å². The van der Waals surface area contributed by atoms with Crippen LogP contribution in [0.5, 0.6) is 0 Å². The van der Waals surface area contributed by atoms with E-state index in [9.17, 15) is 4.79 Å². The summed E-state index contributed by atoms with van der Waals surface area (Å²) >= 11 is 10.6. The van der Waals surface area contributed by atoms with Gasteiger partial charge in [0.2, 0.25) is 0 Å². The van der Waals surface area contributed by atoms with Crippen LogP contribution in [0.4, 0.5) is 5.69 Å². The number of amides is 1. The summed E-state index contributed by atoms with van der Waals surface area (Å²) in [6.07, 6.45) is 1.57. The van der Waals surface area contributed by atoms with Gasteiger partial charge in [-0.1, -0.05) is 11.6 Å². The van der Waals surface area contributed by atoms with Gasteiger partial charge in [0.15, 0.2) is 5.15 Å². The fraction of sp³-hybridized carbons (Fsp3) is 0. The third kappa shape index (κ3) is 2.61. The quantitative estimate of drug-likeness (QED) is 0.856. The Morgan fingerprint density at radius 3 is 3.00 bits per heavy atom. The van der Waals surface area contributed by atoms with E-state index in [0.717, 1.165) is 3.79 Å². The first-order chi connectivity index (χ1) is 7.66. The highest BCUT2D eigenvalue weighted by molar-refractivity contribution is 9.11. The molecule has 0 aliphatic heterocycles. The number of nitrogens with one attached hydrogen (secondary N) is 1. The number of aromatic nitrogens is 1. The van der Waals surface area contributed by atoms with E-state index < -0.39 is 0 Å². The molecular formula is C10H6BrClN2OS. The van der Waals surface area contributed by atoms with Gasteiger partial charge in [0.25, 0.3) is 5.91 Å².